The van der Waals surface area contributed by atoms with Gasteiger partial charge in [-0.05, 0) is 23.9 Å². The molecule has 1 nitrogen and oxygen atoms in total. The first kappa shape index (κ1) is 18.4. The Labute approximate surface area is 140 Å². The van der Waals surface area contributed by atoms with Crippen LogP contribution in [-0.2, 0) is 0 Å². The third-order valence-electron chi connectivity index (χ3n) is 2.54. The molecule has 0 bridgehead atoms. The highest BCUT2D eigenvalue weighted by Crippen LogP contribution is 2.11. The van der Waals surface area contributed by atoms with Crippen LogP contribution in [0.1, 0.15) is 74.3 Å². The van der Waals surface area contributed by atoms with E-state index < -0.39 is 12.0 Å². The molecule has 2 aromatic carbocycles. The minimum Gasteiger partial charge on any atom is -0.389 e. The van der Waals surface area contributed by atoms with Crippen molar-refractivity contribution < 1.29 is 7.85 Å². The average Bonchev–Trinajstić information content (AvgIpc) is 2.59. The van der Waals surface area contributed by atoms with Gasteiger partial charge in [0.15, 0.2) is 0 Å². The highest BCUT2D eigenvalue weighted by atomic mass is 16.3. The largest absolute Gasteiger partial charge is 0.389 e. The van der Waals surface area contributed by atoms with Gasteiger partial charge in [0, 0.05) is 1.37 Å². The van der Waals surface area contributed by atoms with Gasteiger partial charge in [-0.2, -0.15) is 0 Å². The summed E-state index contributed by atoms with van der Waals surface area (Å²) in [6.45, 7) is 13.2. The van der Waals surface area contributed by atoms with Gasteiger partial charge in [0.2, 0.25) is 0 Å². The second kappa shape index (κ2) is 15.8. The molecular weight excluding hydrogens is 268 g/mol. The summed E-state index contributed by atoms with van der Waals surface area (Å²) in [5, 5.41) is 9.16. The SMILES string of the molecule is CC.CC.[2H]C(C)(C)c1ccccc1.[2H]C(C)(O)c1ccccc1. The lowest BCUT2D eigenvalue weighted by molar-refractivity contribution is 0.199. The van der Waals surface area contributed by atoms with Crippen LogP contribution in [0.3, 0.4) is 0 Å². The second-order valence-electron chi connectivity index (χ2n) is 4.32. The van der Waals surface area contributed by atoms with E-state index in [0.717, 1.165) is 5.56 Å². The fraction of sp³-hybridized carbons (Fsp3) is 0.429. The molecule has 1 heteroatoms. The van der Waals surface area contributed by atoms with Crippen LogP contribution in [0, 0.1) is 0 Å². The highest BCUT2D eigenvalue weighted by Gasteiger charge is 1.95. The van der Waals surface area contributed by atoms with E-state index in [9.17, 15) is 0 Å². The quantitative estimate of drug-likeness (QED) is 0.662. The normalized spacial score (nSPS) is 13.3. The summed E-state index contributed by atoms with van der Waals surface area (Å²) < 4.78 is 14.9. The van der Waals surface area contributed by atoms with Crippen molar-refractivity contribution in [3.8, 4) is 0 Å². The molecule has 0 heterocycles. The standard InChI is InChI=1S/C9H12.C8H10O.2C2H6/c1-8(2)9-6-4-3-5-7-9;1-7(9)8-5-3-2-4-6-8;2*1-2/h3-8H,1-2H3;2-7,9H,1H3;2*1-2H3/i8D;7D;;. The lowest BCUT2D eigenvalue weighted by Crippen LogP contribution is -1.87. The molecule has 0 aliphatic rings. The predicted molar refractivity (Wildman–Crippen MR) is 100 cm³/mol. The van der Waals surface area contributed by atoms with E-state index in [1.54, 1.807) is 24.3 Å². The Bertz CT molecular complexity index is 447. The highest BCUT2D eigenvalue weighted by molar-refractivity contribution is 5.17. The summed E-state index contributed by atoms with van der Waals surface area (Å²) in [4.78, 5) is 0. The molecule has 0 aliphatic heterocycles. The molecule has 0 spiro atoms. The minimum atomic E-state index is -1.46. The van der Waals surface area contributed by atoms with Gasteiger partial charge in [0.05, 0.1) is 7.45 Å². The van der Waals surface area contributed by atoms with Crippen LogP contribution in [-0.4, -0.2) is 5.11 Å². The Morgan fingerprint density at radius 1 is 0.682 bits per heavy atom. The molecule has 2 aromatic rings. The Hall–Kier alpha value is -1.60. The molecule has 0 saturated heterocycles. The first-order valence-corrected chi connectivity index (χ1v) is 8.04. The topological polar surface area (TPSA) is 20.2 Å². The second-order valence-corrected chi connectivity index (χ2v) is 4.32. The predicted octanol–water partition coefficient (Wildman–Crippen LogP) is 6.60. The summed E-state index contributed by atoms with van der Waals surface area (Å²) in [5.41, 5.74) is 1.69. The van der Waals surface area contributed by atoms with Gasteiger partial charge in [-0.15, -0.1) is 0 Å². The lowest BCUT2D eigenvalue weighted by Gasteiger charge is -2.01. The summed E-state index contributed by atoms with van der Waals surface area (Å²) >= 11 is 0. The van der Waals surface area contributed by atoms with E-state index in [1.807, 2.05) is 77.9 Å². The van der Waals surface area contributed by atoms with Crippen molar-refractivity contribution in [1.29, 1.82) is 0 Å². The Kier molecular flexibility index (Phi) is 13.2. The number of aliphatic hydroxyl groups is 1. The number of benzene rings is 2. The number of rotatable bonds is 2. The zero-order valence-electron chi connectivity index (χ0n) is 17.2. The molecule has 0 saturated carbocycles. The first-order valence-electron chi connectivity index (χ1n) is 9.04. The van der Waals surface area contributed by atoms with Gasteiger partial charge in [-0.25, -0.2) is 0 Å². The van der Waals surface area contributed by atoms with Gasteiger partial charge >= 0.3 is 0 Å². The lowest BCUT2D eigenvalue weighted by atomic mass is 10.0. The molecule has 0 amide bonds. The molecule has 0 aliphatic carbocycles. The third-order valence-corrected chi connectivity index (χ3v) is 2.54. The maximum Gasteiger partial charge on any atom is 0.0761 e. The van der Waals surface area contributed by atoms with E-state index in [2.05, 4.69) is 0 Å². The van der Waals surface area contributed by atoms with Crippen LogP contribution < -0.4 is 0 Å². The molecule has 0 aromatic heterocycles. The Morgan fingerprint density at radius 3 is 1.18 bits per heavy atom. The van der Waals surface area contributed by atoms with E-state index in [-0.39, 0.29) is 0 Å². The number of hydrogen-bond acceptors (Lipinski definition) is 1. The first-order chi connectivity index (χ1) is 11.2. The van der Waals surface area contributed by atoms with Gasteiger partial charge in [-0.3, -0.25) is 0 Å². The zero-order valence-corrected chi connectivity index (χ0v) is 15.2. The van der Waals surface area contributed by atoms with Crippen molar-refractivity contribution in [2.45, 2.75) is 60.4 Å². The van der Waals surface area contributed by atoms with Crippen LogP contribution in [0.15, 0.2) is 60.7 Å². The maximum atomic E-state index is 9.16. The van der Waals surface area contributed by atoms with Crippen LogP contribution in [0.5, 0.6) is 0 Å². The van der Waals surface area contributed by atoms with Gasteiger partial charge in [-0.1, -0.05) is 102 Å². The monoisotopic (exact) mass is 304 g/mol. The fourth-order valence-corrected chi connectivity index (χ4v) is 1.45. The van der Waals surface area contributed by atoms with Crippen molar-refractivity contribution in [3.05, 3.63) is 71.8 Å². The molecule has 0 radical (unpaired) electrons. The van der Waals surface area contributed by atoms with E-state index in [0.29, 0.717) is 5.56 Å². The van der Waals surface area contributed by atoms with Crippen LogP contribution in [0.2, 0.25) is 0 Å². The molecule has 0 fully saturated rings. The Balaban J connectivity index is 0. The van der Waals surface area contributed by atoms with Crippen LogP contribution >= 0.6 is 0 Å². The van der Waals surface area contributed by atoms with Gasteiger partial charge in [0.25, 0.3) is 0 Å². The van der Waals surface area contributed by atoms with E-state index in [4.69, 9.17) is 7.85 Å². The summed E-state index contributed by atoms with van der Waals surface area (Å²) in [6, 6.07) is 18.8. The van der Waals surface area contributed by atoms with Gasteiger partial charge in [0.1, 0.15) is 0 Å². The zero-order chi connectivity index (χ0) is 19.2. The average molecular weight is 305 g/mol. The smallest absolute Gasteiger partial charge is 0.0761 e. The number of hydrogen-bond donors (Lipinski definition) is 1. The van der Waals surface area contributed by atoms with Crippen molar-refractivity contribution in [2.24, 2.45) is 0 Å². The third kappa shape index (κ3) is 11.1. The van der Waals surface area contributed by atoms with Crippen molar-refractivity contribution in [2.75, 3.05) is 0 Å². The molecule has 2 rings (SSSR count). The fourth-order valence-electron chi connectivity index (χ4n) is 1.45. The Morgan fingerprint density at radius 2 is 1.00 bits per heavy atom. The van der Waals surface area contributed by atoms with Crippen LogP contribution in [0.4, 0.5) is 0 Å². The molecule has 1 unspecified atom stereocenters. The van der Waals surface area contributed by atoms with Crippen molar-refractivity contribution in [3.63, 3.8) is 0 Å². The molecule has 1 N–H and O–H groups in total. The summed E-state index contributed by atoms with van der Waals surface area (Å²) in [6.07, 6.45) is -1.46. The van der Waals surface area contributed by atoms with E-state index >= 15 is 0 Å². The van der Waals surface area contributed by atoms with Crippen LogP contribution in [0.25, 0.3) is 0 Å². The van der Waals surface area contributed by atoms with Crippen molar-refractivity contribution >= 4 is 0 Å². The van der Waals surface area contributed by atoms with Gasteiger partial charge < -0.3 is 5.11 Å². The maximum absolute atomic E-state index is 9.16. The molecule has 124 valence electrons. The molecular formula is C21H34O. The summed E-state index contributed by atoms with van der Waals surface area (Å²) in [5.74, 6) is -0.457. The minimum absolute atomic E-state index is 0.457. The molecule has 22 heavy (non-hydrogen) atoms. The van der Waals surface area contributed by atoms with E-state index in [1.165, 1.54) is 6.92 Å². The van der Waals surface area contributed by atoms with Crippen molar-refractivity contribution in [1.82, 2.24) is 0 Å². The molecule has 1 atom stereocenters. The summed E-state index contributed by atoms with van der Waals surface area (Å²) in [7, 11) is 0.